The van der Waals surface area contributed by atoms with Crippen LogP contribution < -0.4 is 4.46 Å². The van der Waals surface area contributed by atoms with Gasteiger partial charge >= 0.3 is 152 Å². The van der Waals surface area contributed by atoms with E-state index in [1.165, 1.54) is 0 Å². The summed E-state index contributed by atoms with van der Waals surface area (Å²) in [5, 5.41) is 8.38. The third-order valence-corrected chi connectivity index (χ3v) is 4.57. The van der Waals surface area contributed by atoms with Crippen LogP contribution in [0.4, 0.5) is 57.1 Å². The summed E-state index contributed by atoms with van der Waals surface area (Å²) in [7, 11) is 0. The van der Waals surface area contributed by atoms with Crippen LogP contribution in [0.3, 0.4) is 0 Å². The number of alkyl halides is 13. The van der Waals surface area contributed by atoms with Crippen LogP contribution in [0.1, 0.15) is 5.56 Å². The average Bonchev–Trinajstić information content (AvgIpc) is 2.53. The molecule has 28 heavy (non-hydrogen) atoms. The topological polar surface area (TPSA) is 23.8 Å². The zero-order valence-electron chi connectivity index (χ0n) is 12.6. The Balaban J connectivity index is 3.50. The van der Waals surface area contributed by atoms with E-state index in [0.717, 1.165) is 0 Å². The van der Waals surface area contributed by atoms with Gasteiger partial charge in [0.1, 0.15) is 0 Å². The zero-order chi connectivity index (χ0) is 22.4. The number of nitrogens with zero attached hydrogens (tertiary/aromatic N) is 1. The number of hydrogen-bond donors (Lipinski definition) is 0. The molecule has 0 amide bonds. The first-order chi connectivity index (χ1) is 12.3. The number of benzene rings is 1. The van der Waals surface area contributed by atoms with Gasteiger partial charge in [-0.1, -0.05) is 0 Å². The summed E-state index contributed by atoms with van der Waals surface area (Å²) in [5.74, 6) is -37.1. The summed E-state index contributed by atoms with van der Waals surface area (Å²) < 4.78 is 169. The normalized spacial score (nSPS) is 14.7. The molecule has 1 aromatic rings. The molecule has 0 atom stereocenters. The van der Waals surface area contributed by atoms with Gasteiger partial charge in [0.05, 0.1) is 0 Å². The van der Waals surface area contributed by atoms with E-state index >= 15 is 0 Å². The number of rotatable bonds is 6. The van der Waals surface area contributed by atoms with E-state index in [4.69, 9.17) is 5.26 Å². The van der Waals surface area contributed by atoms with Gasteiger partial charge in [0, 0.05) is 0 Å². The third kappa shape index (κ3) is 3.41. The van der Waals surface area contributed by atoms with E-state index in [-0.39, 0.29) is 16.6 Å². The van der Waals surface area contributed by atoms with Gasteiger partial charge in [-0.3, -0.25) is 0 Å². The Morgan fingerprint density at radius 2 is 1.00 bits per heavy atom. The van der Waals surface area contributed by atoms with Crippen molar-refractivity contribution in [3.8, 4) is 4.97 Å². The molecule has 158 valence electrons. The van der Waals surface area contributed by atoms with E-state index < -0.39 is 56.3 Å². The van der Waals surface area contributed by atoms with E-state index in [1.807, 2.05) is 0 Å². The van der Waals surface area contributed by atoms with Gasteiger partial charge in [-0.05, 0) is 0 Å². The Kier molecular flexibility index (Phi) is 6.07. The van der Waals surface area contributed by atoms with E-state index in [1.54, 1.807) is 4.97 Å². The fourth-order valence-corrected chi connectivity index (χ4v) is 2.53. The van der Waals surface area contributed by atoms with Crippen LogP contribution in [-0.2, 0) is 5.92 Å². The maximum atomic E-state index is 13.8. The van der Waals surface area contributed by atoms with Crippen LogP contribution in [0.2, 0.25) is 0 Å². The summed E-state index contributed by atoms with van der Waals surface area (Å²) in [6.07, 6.45) is -7.44. The Labute approximate surface area is 153 Å². The summed E-state index contributed by atoms with van der Waals surface area (Å²) in [6, 6.07) is 1.20. The predicted octanol–water partition coefficient (Wildman–Crippen LogP) is 4.69. The second-order valence-electron chi connectivity index (χ2n) is 5.09. The molecule has 0 saturated heterocycles. The molecule has 0 fully saturated rings. The molecule has 0 aromatic heterocycles. The average molecular weight is 500 g/mol. The summed E-state index contributed by atoms with van der Waals surface area (Å²) in [4.78, 5) is 1.57. The van der Waals surface area contributed by atoms with Gasteiger partial charge in [-0.25, -0.2) is 0 Å². The minimum absolute atomic E-state index is 0.0262. The molecule has 1 nitrogen and oxygen atoms in total. The predicted molar refractivity (Wildman–Crippen MR) is 67.2 cm³/mol. The molecule has 0 bridgehead atoms. The van der Waals surface area contributed by atoms with Crippen molar-refractivity contribution >= 4 is 19.4 Å². The molecule has 0 aliphatic carbocycles. The molecule has 0 unspecified atom stereocenters. The van der Waals surface area contributed by atoms with Gasteiger partial charge in [0.15, 0.2) is 0 Å². The van der Waals surface area contributed by atoms with Crippen LogP contribution >= 0.6 is 0 Å². The molecule has 0 spiro atoms. The van der Waals surface area contributed by atoms with Crippen molar-refractivity contribution in [2.75, 3.05) is 0 Å². The Morgan fingerprint density at radius 1 is 0.607 bits per heavy atom. The molecule has 0 aliphatic heterocycles. The minimum atomic E-state index is -7.92. The number of halogens is 13. The van der Waals surface area contributed by atoms with Gasteiger partial charge in [-0.2, -0.15) is 0 Å². The standard InChI is InChI=1S/C13H4F13NSe/c14-8(15,6-1-3-7(4-2-6)28-5-27)9(16,17)10(18,19)11(20,21)12(22,23)13(24,25)26/h1-4H. The molecule has 15 heteroatoms. The molecular formula is C13H4F13NSe. The summed E-state index contributed by atoms with van der Waals surface area (Å²) in [6.45, 7) is 0. The summed E-state index contributed by atoms with van der Waals surface area (Å²) >= 11 is -1.01. The Hall–Kier alpha value is -1.68. The first kappa shape index (κ1) is 24.4. The van der Waals surface area contributed by atoms with Crippen LogP contribution in [-0.4, -0.2) is 44.8 Å². The molecule has 0 aliphatic rings. The van der Waals surface area contributed by atoms with Crippen LogP contribution in [0.25, 0.3) is 0 Å². The molecular weight excluding hydrogens is 496 g/mol. The molecule has 0 heterocycles. The van der Waals surface area contributed by atoms with E-state index in [9.17, 15) is 57.1 Å². The van der Waals surface area contributed by atoms with Gasteiger partial charge in [0.25, 0.3) is 0 Å². The van der Waals surface area contributed by atoms with Crippen LogP contribution in [0.5, 0.6) is 0 Å². The Morgan fingerprint density at radius 3 is 1.36 bits per heavy atom. The fraction of sp³-hybridized carbons (Fsp3) is 0.462. The van der Waals surface area contributed by atoms with Crippen molar-refractivity contribution in [3.05, 3.63) is 29.8 Å². The molecule has 1 rings (SSSR count). The van der Waals surface area contributed by atoms with Crippen LogP contribution in [0, 0.1) is 10.2 Å². The van der Waals surface area contributed by atoms with Crippen molar-refractivity contribution in [3.63, 3.8) is 0 Å². The number of nitriles is 1. The van der Waals surface area contributed by atoms with Crippen molar-refractivity contribution in [1.82, 2.24) is 0 Å². The van der Waals surface area contributed by atoms with Crippen LogP contribution in [0.15, 0.2) is 24.3 Å². The second-order valence-corrected chi connectivity index (χ2v) is 6.89. The van der Waals surface area contributed by atoms with Crippen molar-refractivity contribution in [2.45, 2.75) is 35.8 Å². The van der Waals surface area contributed by atoms with Crippen molar-refractivity contribution < 1.29 is 57.1 Å². The SMILES string of the molecule is N#C[Se]c1ccc(C(F)(F)C(F)(F)C(F)(F)C(F)(F)C(F)(F)C(F)(F)F)cc1. The van der Waals surface area contributed by atoms with Crippen molar-refractivity contribution in [1.29, 1.82) is 5.26 Å². The monoisotopic (exact) mass is 501 g/mol. The first-order valence-corrected chi connectivity index (χ1v) is 8.12. The van der Waals surface area contributed by atoms with Gasteiger partial charge in [-0.15, -0.1) is 0 Å². The van der Waals surface area contributed by atoms with Gasteiger partial charge in [0.2, 0.25) is 0 Å². The molecule has 0 saturated carbocycles. The second kappa shape index (κ2) is 6.98. The van der Waals surface area contributed by atoms with Crippen molar-refractivity contribution in [2.24, 2.45) is 0 Å². The molecule has 0 N–H and O–H groups in total. The Bertz CT molecular complexity index is 745. The van der Waals surface area contributed by atoms with Gasteiger partial charge < -0.3 is 0 Å². The third-order valence-electron chi connectivity index (χ3n) is 3.31. The quantitative estimate of drug-likeness (QED) is 0.411. The van der Waals surface area contributed by atoms with E-state index in [0.29, 0.717) is 12.1 Å². The van der Waals surface area contributed by atoms with E-state index in [2.05, 4.69) is 0 Å². The first-order valence-electron chi connectivity index (χ1n) is 6.41. The fourth-order valence-electron chi connectivity index (χ4n) is 1.74. The zero-order valence-corrected chi connectivity index (χ0v) is 14.3. The summed E-state index contributed by atoms with van der Waals surface area (Å²) in [5.41, 5.74) is -2.07. The number of hydrogen-bond acceptors (Lipinski definition) is 1. The molecule has 1 aromatic carbocycles. The maximum absolute atomic E-state index is 13.8. The molecule has 0 radical (unpaired) electrons.